The summed E-state index contributed by atoms with van der Waals surface area (Å²) in [6.07, 6.45) is 0.943. The highest BCUT2D eigenvalue weighted by molar-refractivity contribution is 5.33. The molecule has 0 aliphatic rings. The molecule has 0 heterocycles. The SMILES string of the molecule is CCCC(O)c1ccccc1[O]. The van der Waals surface area contributed by atoms with E-state index in [1.54, 1.807) is 18.2 Å². The molecular weight excluding hydrogens is 152 g/mol. The van der Waals surface area contributed by atoms with Gasteiger partial charge in [0.1, 0.15) is 0 Å². The fourth-order valence-corrected chi connectivity index (χ4v) is 1.18. The highest BCUT2D eigenvalue weighted by Crippen LogP contribution is 2.26. The lowest BCUT2D eigenvalue weighted by molar-refractivity contribution is 0.160. The first-order valence-corrected chi connectivity index (χ1v) is 4.19. The van der Waals surface area contributed by atoms with Crippen molar-refractivity contribution in [1.29, 1.82) is 0 Å². The first-order valence-electron chi connectivity index (χ1n) is 4.19. The molecule has 1 radical (unpaired) electrons. The molecule has 65 valence electrons. The van der Waals surface area contributed by atoms with Gasteiger partial charge in [0.25, 0.3) is 0 Å². The summed E-state index contributed by atoms with van der Waals surface area (Å²) >= 11 is 0. The largest absolute Gasteiger partial charge is 0.388 e. The zero-order chi connectivity index (χ0) is 8.97. The second-order valence-corrected chi connectivity index (χ2v) is 2.84. The Morgan fingerprint density at radius 2 is 2.08 bits per heavy atom. The van der Waals surface area contributed by atoms with E-state index in [2.05, 4.69) is 0 Å². The number of para-hydroxylation sites is 1. The Bertz CT molecular complexity index is 245. The second kappa shape index (κ2) is 4.12. The van der Waals surface area contributed by atoms with Crippen LogP contribution in [0.15, 0.2) is 24.3 Å². The van der Waals surface area contributed by atoms with Gasteiger partial charge in [-0.05, 0) is 12.5 Å². The molecule has 1 atom stereocenters. The van der Waals surface area contributed by atoms with E-state index in [1.165, 1.54) is 6.07 Å². The average molecular weight is 165 g/mol. The lowest BCUT2D eigenvalue weighted by atomic mass is 10.0. The number of hydrogen-bond acceptors (Lipinski definition) is 1. The van der Waals surface area contributed by atoms with E-state index in [0.717, 1.165) is 6.42 Å². The monoisotopic (exact) mass is 165 g/mol. The fourth-order valence-electron chi connectivity index (χ4n) is 1.18. The van der Waals surface area contributed by atoms with Crippen molar-refractivity contribution in [3.8, 4) is 5.75 Å². The van der Waals surface area contributed by atoms with Crippen LogP contribution in [0.25, 0.3) is 0 Å². The Kier molecular flexibility index (Phi) is 3.11. The Hall–Kier alpha value is -1.02. The smallest absolute Gasteiger partial charge is 0.184 e. The number of hydrogen-bond donors (Lipinski definition) is 1. The van der Waals surface area contributed by atoms with Crippen molar-refractivity contribution in [1.82, 2.24) is 0 Å². The maximum atomic E-state index is 11.2. The molecule has 1 unspecified atom stereocenters. The molecule has 0 bridgehead atoms. The maximum absolute atomic E-state index is 11.2. The van der Waals surface area contributed by atoms with Crippen LogP contribution in [0.1, 0.15) is 31.4 Å². The first kappa shape index (κ1) is 9.07. The van der Waals surface area contributed by atoms with Gasteiger partial charge in [0, 0.05) is 5.56 Å². The van der Waals surface area contributed by atoms with Crippen LogP contribution in [-0.4, -0.2) is 5.11 Å². The van der Waals surface area contributed by atoms with Gasteiger partial charge in [-0.1, -0.05) is 31.5 Å². The van der Waals surface area contributed by atoms with E-state index in [1.807, 2.05) is 6.92 Å². The van der Waals surface area contributed by atoms with E-state index < -0.39 is 6.10 Å². The van der Waals surface area contributed by atoms with Gasteiger partial charge in [-0.3, -0.25) is 5.11 Å². The van der Waals surface area contributed by atoms with E-state index in [-0.39, 0.29) is 5.75 Å². The molecule has 0 aromatic heterocycles. The van der Waals surface area contributed by atoms with Gasteiger partial charge in [-0.15, -0.1) is 0 Å². The molecule has 2 nitrogen and oxygen atoms in total. The van der Waals surface area contributed by atoms with E-state index >= 15 is 0 Å². The van der Waals surface area contributed by atoms with Crippen molar-refractivity contribution in [3.05, 3.63) is 29.8 Å². The molecule has 2 heteroatoms. The highest BCUT2D eigenvalue weighted by atomic mass is 16.3. The average Bonchev–Trinajstić information content (AvgIpc) is 2.05. The van der Waals surface area contributed by atoms with Crippen molar-refractivity contribution < 1.29 is 10.2 Å². The van der Waals surface area contributed by atoms with Gasteiger partial charge in [-0.2, -0.15) is 0 Å². The van der Waals surface area contributed by atoms with E-state index in [9.17, 15) is 10.2 Å². The number of benzene rings is 1. The fraction of sp³-hybridized carbons (Fsp3) is 0.400. The Balaban J connectivity index is 2.79. The molecule has 0 fully saturated rings. The van der Waals surface area contributed by atoms with Crippen LogP contribution in [0.4, 0.5) is 0 Å². The highest BCUT2D eigenvalue weighted by Gasteiger charge is 2.10. The lowest BCUT2D eigenvalue weighted by Crippen LogP contribution is -1.95. The summed E-state index contributed by atoms with van der Waals surface area (Å²) in [5, 5.41) is 20.7. The van der Waals surface area contributed by atoms with Crippen molar-refractivity contribution in [2.45, 2.75) is 25.9 Å². The molecule has 0 amide bonds. The summed E-state index contributed by atoms with van der Waals surface area (Å²) in [6.45, 7) is 1.98. The molecule has 12 heavy (non-hydrogen) atoms. The number of aliphatic hydroxyl groups excluding tert-OH is 1. The molecule has 0 saturated carbocycles. The van der Waals surface area contributed by atoms with Gasteiger partial charge < -0.3 is 5.11 Å². The Morgan fingerprint density at radius 3 is 2.67 bits per heavy atom. The van der Waals surface area contributed by atoms with Crippen molar-refractivity contribution in [3.63, 3.8) is 0 Å². The van der Waals surface area contributed by atoms with Crippen LogP contribution in [0.2, 0.25) is 0 Å². The predicted octanol–water partition coefficient (Wildman–Crippen LogP) is 2.66. The summed E-state index contributed by atoms with van der Waals surface area (Å²) < 4.78 is 0. The molecule has 0 aliphatic carbocycles. The van der Waals surface area contributed by atoms with Crippen LogP contribution in [-0.2, 0) is 5.11 Å². The predicted molar refractivity (Wildman–Crippen MR) is 46.4 cm³/mol. The zero-order valence-electron chi connectivity index (χ0n) is 7.16. The molecule has 0 saturated heterocycles. The van der Waals surface area contributed by atoms with Crippen molar-refractivity contribution in [2.75, 3.05) is 0 Å². The molecule has 1 aromatic carbocycles. The van der Waals surface area contributed by atoms with Gasteiger partial charge in [-0.25, -0.2) is 0 Å². The zero-order valence-corrected chi connectivity index (χ0v) is 7.16. The Labute approximate surface area is 72.5 Å². The molecule has 0 aliphatic heterocycles. The summed E-state index contributed by atoms with van der Waals surface area (Å²) in [6, 6.07) is 6.62. The van der Waals surface area contributed by atoms with E-state index in [0.29, 0.717) is 12.0 Å². The standard InChI is InChI=1S/C10H13O2/c1-2-5-9(11)8-6-3-4-7-10(8)12/h3-4,6-7,9,11H,2,5H2,1H3. The van der Waals surface area contributed by atoms with Gasteiger partial charge in [0.15, 0.2) is 5.75 Å². The van der Waals surface area contributed by atoms with Crippen LogP contribution < -0.4 is 0 Å². The van der Waals surface area contributed by atoms with Gasteiger partial charge in [0.05, 0.1) is 6.10 Å². The third kappa shape index (κ3) is 1.98. The maximum Gasteiger partial charge on any atom is 0.184 e. The van der Waals surface area contributed by atoms with Crippen LogP contribution >= 0.6 is 0 Å². The minimum Gasteiger partial charge on any atom is -0.388 e. The second-order valence-electron chi connectivity index (χ2n) is 2.84. The van der Waals surface area contributed by atoms with Gasteiger partial charge in [0.2, 0.25) is 0 Å². The number of aliphatic hydroxyl groups is 1. The number of rotatable bonds is 3. The molecular formula is C10H13O2. The van der Waals surface area contributed by atoms with E-state index in [4.69, 9.17) is 0 Å². The van der Waals surface area contributed by atoms with Crippen LogP contribution in [0.3, 0.4) is 0 Å². The first-order chi connectivity index (χ1) is 5.75. The van der Waals surface area contributed by atoms with Crippen LogP contribution in [0, 0.1) is 0 Å². The summed E-state index contributed by atoms with van der Waals surface area (Å²) in [5.74, 6) is -0.0709. The third-order valence-electron chi connectivity index (χ3n) is 1.84. The minimum atomic E-state index is -0.594. The molecule has 1 N–H and O–H groups in total. The normalized spacial score (nSPS) is 12.8. The minimum absolute atomic E-state index is 0.0709. The molecule has 0 spiro atoms. The van der Waals surface area contributed by atoms with Crippen LogP contribution in [0.5, 0.6) is 5.75 Å². The third-order valence-corrected chi connectivity index (χ3v) is 1.84. The van der Waals surface area contributed by atoms with Gasteiger partial charge >= 0.3 is 0 Å². The van der Waals surface area contributed by atoms with Crippen molar-refractivity contribution >= 4 is 0 Å². The quantitative estimate of drug-likeness (QED) is 0.734. The summed E-state index contributed by atoms with van der Waals surface area (Å²) in [4.78, 5) is 0. The molecule has 1 rings (SSSR count). The Morgan fingerprint density at radius 1 is 1.42 bits per heavy atom. The summed E-state index contributed by atoms with van der Waals surface area (Å²) in [5.41, 5.74) is 0.513. The lowest BCUT2D eigenvalue weighted by Gasteiger charge is -2.08. The molecule has 1 aromatic rings. The van der Waals surface area contributed by atoms with Crippen molar-refractivity contribution in [2.24, 2.45) is 0 Å². The summed E-state index contributed by atoms with van der Waals surface area (Å²) in [7, 11) is 0. The topological polar surface area (TPSA) is 40.1 Å².